The number of carbonyl (C=O) groups is 2. The summed E-state index contributed by atoms with van der Waals surface area (Å²) in [6, 6.07) is 0.00554. The Bertz CT molecular complexity index is 528. The third-order valence-corrected chi connectivity index (χ3v) is 2.92. The van der Waals surface area contributed by atoms with E-state index in [2.05, 4.69) is 5.32 Å². The Kier molecular flexibility index (Phi) is 5.57. The zero-order valence-corrected chi connectivity index (χ0v) is 11.5. The van der Waals surface area contributed by atoms with Crippen molar-refractivity contribution in [2.75, 3.05) is 11.9 Å². The molecule has 0 aliphatic carbocycles. The number of rotatable bonds is 5. The second-order valence-electron chi connectivity index (χ2n) is 4.46. The van der Waals surface area contributed by atoms with Crippen molar-refractivity contribution in [3.8, 4) is 0 Å². The molecule has 0 saturated heterocycles. The van der Waals surface area contributed by atoms with Crippen LogP contribution in [0.25, 0.3) is 0 Å². The number of urea groups is 1. The Hall–Kier alpha value is -2.25. The van der Waals surface area contributed by atoms with Crippen LogP contribution in [-0.4, -0.2) is 34.6 Å². The zero-order chi connectivity index (χ0) is 16.2. The number of nitrogens with zero attached hydrogens (tertiary/aromatic N) is 1. The first-order valence-electron chi connectivity index (χ1n) is 6.20. The van der Waals surface area contributed by atoms with Crippen LogP contribution in [0.3, 0.4) is 0 Å². The highest BCUT2D eigenvalue weighted by atomic mass is 19.2. The van der Waals surface area contributed by atoms with Gasteiger partial charge in [-0.3, -0.25) is 4.79 Å². The van der Waals surface area contributed by atoms with Gasteiger partial charge in [-0.05, 0) is 13.3 Å². The molecule has 1 aromatic carbocycles. The van der Waals surface area contributed by atoms with E-state index in [1.165, 1.54) is 0 Å². The Morgan fingerprint density at radius 2 is 1.81 bits per heavy atom. The highest BCUT2D eigenvalue weighted by molar-refractivity contribution is 5.91. The van der Waals surface area contributed by atoms with Gasteiger partial charge < -0.3 is 15.3 Å². The van der Waals surface area contributed by atoms with Crippen molar-refractivity contribution >= 4 is 17.7 Å². The monoisotopic (exact) mass is 304 g/mol. The van der Waals surface area contributed by atoms with E-state index in [0.29, 0.717) is 18.6 Å². The molecule has 0 bridgehead atoms. The lowest BCUT2D eigenvalue weighted by atomic mass is 10.2. The molecular weight excluding hydrogens is 289 g/mol. The Morgan fingerprint density at radius 1 is 1.29 bits per heavy atom. The number of carbonyl (C=O) groups excluding carboxylic acids is 1. The lowest BCUT2D eigenvalue weighted by Crippen LogP contribution is -2.44. The highest BCUT2D eigenvalue weighted by Gasteiger charge is 2.22. The minimum absolute atomic E-state index is 0.296. The molecule has 1 rings (SSSR count). The number of aliphatic carboxylic acids is 1. The molecule has 1 unspecified atom stereocenters. The number of carboxylic acid groups (broad SMARTS) is 1. The third kappa shape index (κ3) is 4.37. The standard InChI is InChI=1S/C13H15F3N2O3/c1-3-7(2)18(6-11(19)20)13(21)17-8-4-9(14)12(16)10(15)5-8/h4-5,7H,3,6H2,1-2H3,(H,17,21)(H,19,20). The van der Waals surface area contributed by atoms with E-state index in [4.69, 9.17) is 5.11 Å². The van der Waals surface area contributed by atoms with E-state index in [9.17, 15) is 22.8 Å². The van der Waals surface area contributed by atoms with E-state index in [1.807, 2.05) is 0 Å². The van der Waals surface area contributed by atoms with E-state index in [-0.39, 0.29) is 5.69 Å². The second-order valence-corrected chi connectivity index (χ2v) is 4.46. The average molecular weight is 304 g/mol. The van der Waals surface area contributed by atoms with Crippen LogP contribution in [-0.2, 0) is 4.79 Å². The maximum Gasteiger partial charge on any atom is 0.323 e. The van der Waals surface area contributed by atoms with Crippen molar-refractivity contribution in [2.45, 2.75) is 26.3 Å². The molecule has 1 aromatic rings. The normalized spacial score (nSPS) is 11.9. The van der Waals surface area contributed by atoms with Crippen LogP contribution in [0.5, 0.6) is 0 Å². The summed E-state index contributed by atoms with van der Waals surface area (Å²) in [6.45, 7) is 2.82. The molecule has 0 aliphatic rings. The molecule has 2 amide bonds. The Balaban J connectivity index is 2.93. The van der Waals surface area contributed by atoms with Gasteiger partial charge in [0.2, 0.25) is 0 Å². The summed E-state index contributed by atoms with van der Waals surface area (Å²) in [5.74, 6) is -5.75. The minimum atomic E-state index is -1.64. The lowest BCUT2D eigenvalue weighted by Gasteiger charge is -2.27. The number of halogens is 3. The zero-order valence-electron chi connectivity index (χ0n) is 11.5. The molecular formula is C13H15F3N2O3. The summed E-state index contributed by atoms with van der Waals surface area (Å²) in [5.41, 5.74) is -0.296. The van der Waals surface area contributed by atoms with Gasteiger partial charge in [-0.1, -0.05) is 6.92 Å². The van der Waals surface area contributed by atoms with Crippen LogP contribution in [0, 0.1) is 17.5 Å². The summed E-state index contributed by atoms with van der Waals surface area (Å²) >= 11 is 0. The van der Waals surface area contributed by atoms with E-state index in [0.717, 1.165) is 4.90 Å². The number of anilines is 1. The van der Waals surface area contributed by atoms with Crippen LogP contribution >= 0.6 is 0 Å². The predicted octanol–water partition coefficient (Wildman–Crippen LogP) is 2.82. The van der Waals surface area contributed by atoms with E-state index >= 15 is 0 Å². The molecule has 0 aromatic heterocycles. The SMILES string of the molecule is CCC(C)N(CC(=O)O)C(=O)Nc1cc(F)c(F)c(F)c1. The number of nitrogens with one attached hydrogen (secondary N) is 1. The Labute approximate surface area is 119 Å². The number of hydrogen-bond acceptors (Lipinski definition) is 2. The van der Waals surface area contributed by atoms with Crippen molar-refractivity contribution in [1.29, 1.82) is 0 Å². The van der Waals surface area contributed by atoms with Gasteiger partial charge >= 0.3 is 12.0 Å². The van der Waals surface area contributed by atoms with Crippen molar-refractivity contribution in [3.05, 3.63) is 29.6 Å². The van der Waals surface area contributed by atoms with Gasteiger partial charge in [-0.15, -0.1) is 0 Å². The van der Waals surface area contributed by atoms with Gasteiger partial charge in [0.1, 0.15) is 6.54 Å². The first kappa shape index (κ1) is 16.8. The molecule has 0 heterocycles. The first-order chi connectivity index (χ1) is 9.76. The van der Waals surface area contributed by atoms with Crippen molar-refractivity contribution < 1.29 is 27.9 Å². The maximum absolute atomic E-state index is 13.1. The van der Waals surface area contributed by atoms with Gasteiger partial charge in [0.25, 0.3) is 0 Å². The molecule has 0 fully saturated rings. The number of hydrogen-bond donors (Lipinski definition) is 2. The molecule has 0 aliphatic heterocycles. The van der Waals surface area contributed by atoms with Crippen LogP contribution in [0.15, 0.2) is 12.1 Å². The van der Waals surface area contributed by atoms with Gasteiger partial charge in [-0.25, -0.2) is 18.0 Å². The number of amides is 2. The highest BCUT2D eigenvalue weighted by Crippen LogP contribution is 2.18. The summed E-state index contributed by atoms with van der Waals surface area (Å²) in [5, 5.41) is 10.9. The van der Waals surface area contributed by atoms with E-state index in [1.54, 1.807) is 13.8 Å². The third-order valence-electron chi connectivity index (χ3n) is 2.92. The molecule has 116 valence electrons. The molecule has 0 spiro atoms. The van der Waals surface area contributed by atoms with Gasteiger partial charge in [0.15, 0.2) is 17.5 Å². The molecule has 0 radical (unpaired) electrons. The van der Waals surface area contributed by atoms with Crippen LogP contribution in [0.4, 0.5) is 23.7 Å². The lowest BCUT2D eigenvalue weighted by molar-refractivity contribution is -0.138. The van der Waals surface area contributed by atoms with Gasteiger partial charge in [0, 0.05) is 23.9 Å². The molecule has 1 atom stereocenters. The minimum Gasteiger partial charge on any atom is -0.480 e. The summed E-state index contributed by atoms with van der Waals surface area (Å²) in [6.07, 6.45) is 0.493. The molecule has 0 saturated carbocycles. The first-order valence-corrected chi connectivity index (χ1v) is 6.20. The van der Waals surface area contributed by atoms with Crippen LogP contribution in [0.2, 0.25) is 0 Å². The molecule has 2 N–H and O–H groups in total. The summed E-state index contributed by atoms with van der Waals surface area (Å²) in [4.78, 5) is 23.7. The fraction of sp³-hybridized carbons (Fsp3) is 0.385. The van der Waals surface area contributed by atoms with Crippen molar-refractivity contribution in [1.82, 2.24) is 4.90 Å². The largest absolute Gasteiger partial charge is 0.480 e. The molecule has 8 heteroatoms. The Morgan fingerprint density at radius 3 is 2.24 bits per heavy atom. The van der Waals surface area contributed by atoms with Crippen LogP contribution < -0.4 is 5.32 Å². The van der Waals surface area contributed by atoms with Gasteiger partial charge in [-0.2, -0.15) is 0 Å². The summed E-state index contributed by atoms with van der Waals surface area (Å²) < 4.78 is 38.9. The average Bonchev–Trinajstić information content (AvgIpc) is 2.40. The predicted molar refractivity (Wildman–Crippen MR) is 69.4 cm³/mol. The van der Waals surface area contributed by atoms with Gasteiger partial charge in [0.05, 0.1) is 0 Å². The molecule has 5 nitrogen and oxygen atoms in total. The maximum atomic E-state index is 13.1. The quantitative estimate of drug-likeness (QED) is 0.822. The summed E-state index contributed by atoms with van der Waals surface area (Å²) in [7, 11) is 0. The fourth-order valence-corrected chi connectivity index (χ4v) is 1.62. The molecule has 21 heavy (non-hydrogen) atoms. The van der Waals surface area contributed by atoms with Crippen molar-refractivity contribution in [3.63, 3.8) is 0 Å². The topological polar surface area (TPSA) is 69.6 Å². The number of benzene rings is 1. The van der Waals surface area contributed by atoms with Crippen molar-refractivity contribution in [2.24, 2.45) is 0 Å². The number of carboxylic acids is 1. The smallest absolute Gasteiger partial charge is 0.323 e. The van der Waals surface area contributed by atoms with E-state index < -0.39 is 42.0 Å². The fourth-order valence-electron chi connectivity index (χ4n) is 1.62. The van der Waals surface area contributed by atoms with Crippen LogP contribution in [0.1, 0.15) is 20.3 Å². The second kappa shape index (κ2) is 6.96.